The molecule has 0 bridgehead atoms. The number of pyridine rings is 1. The van der Waals surface area contributed by atoms with Crippen LogP contribution in [0, 0.1) is 0 Å². The van der Waals surface area contributed by atoms with Crippen molar-refractivity contribution in [1.29, 1.82) is 0 Å². The summed E-state index contributed by atoms with van der Waals surface area (Å²) in [5.41, 5.74) is 8.17. The lowest BCUT2D eigenvalue weighted by molar-refractivity contribution is -0.129. The van der Waals surface area contributed by atoms with Crippen molar-refractivity contribution < 1.29 is 13.2 Å². The Bertz CT molecular complexity index is 1510. The molecule has 1 fully saturated rings. The summed E-state index contributed by atoms with van der Waals surface area (Å²) in [4.78, 5) is 30.4. The normalized spacial score (nSPS) is 16.8. The largest absolute Gasteiger partial charge is 0.354 e. The Labute approximate surface area is 212 Å². The van der Waals surface area contributed by atoms with Gasteiger partial charge >= 0.3 is 0 Å². The molecule has 1 amide bonds. The number of benzene rings is 1. The summed E-state index contributed by atoms with van der Waals surface area (Å²) in [7, 11) is -1.48. The molecule has 1 aliphatic carbocycles. The van der Waals surface area contributed by atoms with Gasteiger partial charge in [-0.3, -0.25) is 9.59 Å². The molecule has 7 nitrogen and oxygen atoms in total. The molecule has 3 aromatic rings. The van der Waals surface area contributed by atoms with Crippen LogP contribution in [-0.2, 0) is 34.5 Å². The summed E-state index contributed by atoms with van der Waals surface area (Å²) in [6.07, 6.45) is 7.56. The van der Waals surface area contributed by atoms with Crippen molar-refractivity contribution in [3.63, 3.8) is 0 Å². The van der Waals surface area contributed by atoms with E-state index in [9.17, 15) is 18.0 Å². The highest BCUT2D eigenvalue weighted by Crippen LogP contribution is 2.40. The second kappa shape index (κ2) is 9.21. The molecule has 5 rings (SSSR count). The molecule has 8 heteroatoms. The van der Waals surface area contributed by atoms with Gasteiger partial charge in [0, 0.05) is 54.6 Å². The van der Waals surface area contributed by atoms with E-state index in [1.807, 2.05) is 13.2 Å². The fourth-order valence-corrected chi connectivity index (χ4v) is 6.74. The Hall–Kier alpha value is -2.87. The van der Waals surface area contributed by atoms with Crippen LogP contribution < -0.4 is 5.56 Å². The minimum atomic E-state index is -3.32. The molecule has 0 saturated carbocycles. The number of rotatable bonds is 5. The number of carbonyl (C=O) groups excluding carboxylic acids is 1. The van der Waals surface area contributed by atoms with E-state index in [4.69, 9.17) is 0 Å². The summed E-state index contributed by atoms with van der Waals surface area (Å²) < 4.78 is 24.8. The number of nitrogens with one attached hydrogen (secondary N) is 1. The molecule has 2 aromatic heterocycles. The summed E-state index contributed by atoms with van der Waals surface area (Å²) in [6, 6.07) is 6.63. The van der Waals surface area contributed by atoms with Crippen LogP contribution in [0.15, 0.2) is 29.2 Å². The van der Waals surface area contributed by atoms with Crippen LogP contribution in [0.1, 0.15) is 67.2 Å². The number of sulfone groups is 1. The number of aryl methyl sites for hydroxylation is 1. The molecule has 1 saturated heterocycles. The van der Waals surface area contributed by atoms with E-state index < -0.39 is 15.6 Å². The Morgan fingerprint density at radius 2 is 1.83 bits per heavy atom. The van der Waals surface area contributed by atoms with Gasteiger partial charge in [-0.25, -0.2) is 8.42 Å². The summed E-state index contributed by atoms with van der Waals surface area (Å²) in [5, 5.41) is 1.22. The maximum atomic E-state index is 12.7. The minimum Gasteiger partial charge on any atom is -0.354 e. The molecule has 1 N–H and O–H groups in total. The summed E-state index contributed by atoms with van der Waals surface area (Å²) in [6.45, 7) is 5.59. The van der Waals surface area contributed by atoms with E-state index in [-0.39, 0.29) is 11.5 Å². The average Bonchev–Trinajstić information content (AvgIpc) is 3.45. The average molecular weight is 510 g/mol. The SMILES string of the molecule is CC(C)c1c(-c2cn(C)c(=O)c3c2CCC3)[nH]c2ccc(C3CCN(C(=O)CS(C)(=O)=O)CC3)cc12. The Kier molecular flexibility index (Phi) is 6.35. The van der Waals surface area contributed by atoms with Crippen LogP contribution in [0.2, 0.25) is 0 Å². The van der Waals surface area contributed by atoms with E-state index >= 15 is 0 Å². The number of fused-ring (bicyclic) bond motifs is 2. The minimum absolute atomic E-state index is 0.122. The van der Waals surface area contributed by atoms with Gasteiger partial charge in [-0.05, 0) is 72.8 Å². The quantitative estimate of drug-likeness (QED) is 0.565. The number of piperidine rings is 1. The number of amides is 1. The number of hydrogen-bond acceptors (Lipinski definition) is 4. The smallest absolute Gasteiger partial charge is 0.253 e. The highest BCUT2D eigenvalue weighted by atomic mass is 32.2. The molecular weight excluding hydrogens is 474 g/mol. The molecule has 2 aliphatic rings. The zero-order valence-corrected chi connectivity index (χ0v) is 22.4. The number of carbonyl (C=O) groups is 1. The Balaban J connectivity index is 1.48. The van der Waals surface area contributed by atoms with Gasteiger partial charge in [0.15, 0.2) is 9.84 Å². The molecule has 3 heterocycles. The maximum absolute atomic E-state index is 12.7. The molecule has 0 spiro atoms. The van der Waals surface area contributed by atoms with E-state index in [0.29, 0.717) is 24.9 Å². The van der Waals surface area contributed by atoms with Crippen molar-refractivity contribution in [2.75, 3.05) is 25.1 Å². The number of aromatic nitrogens is 2. The lowest BCUT2D eigenvalue weighted by Gasteiger charge is -2.32. The van der Waals surface area contributed by atoms with Crippen LogP contribution in [0.5, 0.6) is 0 Å². The van der Waals surface area contributed by atoms with Gasteiger partial charge < -0.3 is 14.5 Å². The first-order valence-electron chi connectivity index (χ1n) is 12.9. The van der Waals surface area contributed by atoms with Crippen LogP contribution >= 0.6 is 0 Å². The van der Waals surface area contributed by atoms with Crippen LogP contribution in [0.4, 0.5) is 0 Å². The molecule has 1 aromatic carbocycles. The first-order valence-corrected chi connectivity index (χ1v) is 14.9. The Morgan fingerprint density at radius 3 is 2.50 bits per heavy atom. The lowest BCUT2D eigenvalue weighted by atomic mass is 9.87. The molecule has 0 radical (unpaired) electrons. The van der Waals surface area contributed by atoms with Gasteiger partial charge in [-0.2, -0.15) is 0 Å². The van der Waals surface area contributed by atoms with Crippen LogP contribution in [0.3, 0.4) is 0 Å². The molecular formula is C28H35N3O4S. The van der Waals surface area contributed by atoms with Crippen molar-refractivity contribution in [3.05, 3.63) is 57.0 Å². The number of hydrogen-bond donors (Lipinski definition) is 1. The highest BCUT2D eigenvalue weighted by Gasteiger charge is 2.28. The maximum Gasteiger partial charge on any atom is 0.253 e. The highest BCUT2D eigenvalue weighted by molar-refractivity contribution is 7.91. The van der Waals surface area contributed by atoms with E-state index in [0.717, 1.165) is 60.7 Å². The fourth-order valence-electron chi connectivity index (χ4n) is 6.11. The first-order chi connectivity index (χ1) is 17.0. The lowest BCUT2D eigenvalue weighted by Crippen LogP contribution is -2.40. The van der Waals surface area contributed by atoms with Gasteiger partial charge in [0.05, 0.1) is 5.69 Å². The van der Waals surface area contributed by atoms with Gasteiger partial charge in [0.1, 0.15) is 5.75 Å². The molecule has 192 valence electrons. The number of aromatic amines is 1. The second-order valence-corrected chi connectivity index (χ2v) is 13.0. The van der Waals surface area contributed by atoms with Gasteiger partial charge in [0.25, 0.3) is 5.56 Å². The second-order valence-electron chi connectivity index (χ2n) is 10.9. The van der Waals surface area contributed by atoms with Gasteiger partial charge in [-0.15, -0.1) is 0 Å². The summed E-state index contributed by atoms with van der Waals surface area (Å²) >= 11 is 0. The van der Waals surface area contributed by atoms with Gasteiger partial charge in [-0.1, -0.05) is 19.9 Å². The standard InChI is InChI=1S/C28H35N3O4S/c1-17(2)26-22-14-19(18-10-12-31(13-11-18)25(32)16-36(4,34)35)8-9-24(22)29-27(26)23-15-30(3)28(33)21-7-5-6-20(21)23/h8-9,14-15,17-18,29H,5-7,10-13,16H2,1-4H3. The van der Waals surface area contributed by atoms with Gasteiger partial charge in [0.2, 0.25) is 5.91 Å². The van der Waals surface area contributed by atoms with E-state index in [2.05, 4.69) is 37.0 Å². The molecule has 0 atom stereocenters. The van der Waals surface area contributed by atoms with Crippen molar-refractivity contribution in [1.82, 2.24) is 14.5 Å². The molecule has 36 heavy (non-hydrogen) atoms. The Morgan fingerprint density at radius 1 is 1.14 bits per heavy atom. The number of H-pyrrole nitrogens is 1. The third-order valence-electron chi connectivity index (χ3n) is 7.86. The number of nitrogens with zero attached hydrogens (tertiary/aromatic N) is 2. The third-order valence-corrected chi connectivity index (χ3v) is 8.63. The van der Waals surface area contributed by atoms with Crippen LogP contribution in [-0.4, -0.2) is 53.9 Å². The predicted molar refractivity (Wildman–Crippen MR) is 143 cm³/mol. The van der Waals surface area contributed by atoms with Crippen molar-refractivity contribution in [2.24, 2.45) is 7.05 Å². The third kappa shape index (κ3) is 4.51. The van der Waals surface area contributed by atoms with E-state index in [1.54, 1.807) is 9.47 Å². The van der Waals surface area contributed by atoms with Crippen molar-refractivity contribution >= 4 is 26.6 Å². The van der Waals surface area contributed by atoms with Crippen LogP contribution in [0.25, 0.3) is 22.2 Å². The zero-order valence-electron chi connectivity index (χ0n) is 21.6. The number of likely N-dealkylation sites (tertiary alicyclic amines) is 1. The molecule has 1 aliphatic heterocycles. The van der Waals surface area contributed by atoms with Crippen molar-refractivity contribution in [3.8, 4) is 11.3 Å². The monoisotopic (exact) mass is 509 g/mol. The first kappa shape index (κ1) is 24.8. The predicted octanol–water partition coefficient (Wildman–Crippen LogP) is 3.90. The fraction of sp³-hybridized carbons (Fsp3) is 0.500. The molecule has 0 unspecified atom stereocenters. The summed E-state index contributed by atoms with van der Waals surface area (Å²) in [5.74, 6) is -0.0818. The zero-order chi connectivity index (χ0) is 25.8. The van der Waals surface area contributed by atoms with E-state index in [1.165, 1.54) is 22.1 Å². The van der Waals surface area contributed by atoms with Crippen molar-refractivity contribution in [2.45, 2.75) is 57.8 Å². The topological polar surface area (TPSA) is 92.2 Å².